The molecule has 1 atom stereocenters. The van der Waals surface area contributed by atoms with Crippen LogP contribution in [0.4, 0.5) is 0 Å². The number of rotatable bonds is 5. The van der Waals surface area contributed by atoms with Crippen LogP contribution in [-0.2, 0) is 17.9 Å². The molecule has 1 amide bonds. The molecule has 1 aromatic heterocycles. The smallest absolute Gasteiger partial charge is 0.227 e. The Balaban J connectivity index is 1.52. The van der Waals surface area contributed by atoms with Crippen LogP contribution in [0, 0.1) is 19.8 Å². The van der Waals surface area contributed by atoms with E-state index in [-0.39, 0.29) is 11.8 Å². The molecule has 8 heteroatoms. The molecule has 0 radical (unpaired) electrons. The predicted octanol–water partition coefficient (Wildman–Crippen LogP) is 4.44. The fraction of sp³-hybridized carbons (Fsp3) is 0.500. The Kier molecular flexibility index (Phi) is 6.92. The van der Waals surface area contributed by atoms with Gasteiger partial charge in [0.25, 0.3) is 0 Å². The number of carbonyl (C=O) groups is 1. The lowest BCUT2D eigenvalue weighted by atomic mass is 10.1. The SMILES string of the molecule is Cc1nn(CC(C)C(=O)N2CCN(Cc3ccc(Cl)c(Cl)c3)CC2)c(C)c1Cl. The van der Waals surface area contributed by atoms with Crippen molar-refractivity contribution < 1.29 is 4.79 Å². The van der Waals surface area contributed by atoms with E-state index in [0.29, 0.717) is 21.6 Å². The summed E-state index contributed by atoms with van der Waals surface area (Å²) < 4.78 is 1.83. The van der Waals surface area contributed by atoms with Gasteiger partial charge < -0.3 is 4.90 Å². The van der Waals surface area contributed by atoms with E-state index < -0.39 is 0 Å². The highest BCUT2D eigenvalue weighted by atomic mass is 35.5. The van der Waals surface area contributed by atoms with Gasteiger partial charge in [-0.05, 0) is 31.5 Å². The minimum Gasteiger partial charge on any atom is -0.340 e. The highest BCUT2D eigenvalue weighted by Gasteiger charge is 2.26. The van der Waals surface area contributed by atoms with Gasteiger partial charge in [0.05, 0.1) is 38.9 Å². The molecule has 2 heterocycles. The lowest BCUT2D eigenvalue weighted by Gasteiger charge is -2.36. The molecule has 1 saturated heterocycles. The lowest BCUT2D eigenvalue weighted by Crippen LogP contribution is -2.50. The molecule has 3 rings (SSSR count). The van der Waals surface area contributed by atoms with Gasteiger partial charge in [0.2, 0.25) is 5.91 Å². The first-order valence-electron chi connectivity index (χ1n) is 9.41. The first kappa shape index (κ1) is 21.4. The van der Waals surface area contributed by atoms with Gasteiger partial charge in [0, 0.05) is 32.7 Å². The van der Waals surface area contributed by atoms with Gasteiger partial charge in [0.15, 0.2) is 0 Å². The zero-order valence-electron chi connectivity index (χ0n) is 16.4. The van der Waals surface area contributed by atoms with E-state index in [1.807, 2.05) is 48.6 Å². The Morgan fingerprint density at radius 2 is 1.79 bits per heavy atom. The van der Waals surface area contributed by atoms with Crippen LogP contribution in [-0.4, -0.2) is 51.7 Å². The Morgan fingerprint density at radius 3 is 2.36 bits per heavy atom. The molecule has 1 aliphatic rings. The fourth-order valence-electron chi connectivity index (χ4n) is 3.52. The number of carbonyl (C=O) groups excluding carboxylic acids is 1. The molecule has 0 saturated carbocycles. The molecule has 0 N–H and O–H groups in total. The van der Waals surface area contributed by atoms with Crippen LogP contribution in [0.1, 0.15) is 23.9 Å². The van der Waals surface area contributed by atoms with E-state index in [4.69, 9.17) is 34.8 Å². The first-order chi connectivity index (χ1) is 13.3. The summed E-state index contributed by atoms with van der Waals surface area (Å²) in [5.74, 6) is 0.0218. The second kappa shape index (κ2) is 9.04. The van der Waals surface area contributed by atoms with E-state index in [1.54, 1.807) is 0 Å². The normalized spacial score (nSPS) is 16.4. The van der Waals surface area contributed by atoms with Crippen LogP contribution in [0.25, 0.3) is 0 Å². The van der Waals surface area contributed by atoms with Crippen molar-refractivity contribution in [3.05, 3.63) is 50.2 Å². The van der Waals surface area contributed by atoms with Crippen LogP contribution in [0.3, 0.4) is 0 Å². The molecular formula is C20H25Cl3N4O. The van der Waals surface area contributed by atoms with Gasteiger partial charge in [-0.2, -0.15) is 5.10 Å². The van der Waals surface area contributed by atoms with Gasteiger partial charge in [-0.3, -0.25) is 14.4 Å². The Hall–Kier alpha value is -1.27. The number of aryl methyl sites for hydroxylation is 1. The Labute approximate surface area is 181 Å². The molecule has 1 aliphatic heterocycles. The van der Waals surface area contributed by atoms with E-state index in [9.17, 15) is 4.79 Å². The van der Waals surface area contributed by atoms with Crippen molar-refractivity contribution in [2.24, 2.45) is 5.92 Å². The summed E-state index contributed by atoms with van der Waals surface area (Å²) >= 11 is 18.3. The lowest BCUT2D eigenvalue weighted by molar-refractivity contribution is -0.137. The van der Waals surface area contributed by atoms with Crippen molar-refractivity contribution in [2.75, 3.05) is 26.2 Å². The van der Waals surface area contributed by atoms with Crippen LogP contribution in [0.5, 0.6) is 0 Å². The second-order valence-corrected chi connectivity index (χ2v) is 8.61. The third kappa shape index (κ3) is 4.82. The van der Waals surface area contributed by atoms with E-state index in [0.717, 1.165) is 49.7 Å². The molecule has 1 aromatic carbocycles. The Bertz CT molecular complexity index is 859. The monoisotopic (exact) mass is 442 g/mol. The summed E-state index contributed by atoms with van der Waals surface area (Å²) in [7, 11) is 0. The number of nitrogens with zero attached hydrogens (tertiary/aromatic N) is 4. The summed E-state index contributed by atoms with van der Waals surface area (Å²) in [5.41, 5.74) is 2.84. The van der Waals surface area contributed by atoms with Crippen LogP contribution in [0.2, 0.25) is 15.1 Å². The minimum atomic E-state index is -0.143. The fourth-order valence-corrected chi connectivity index (χ4v) is 3.98. The van der Waals surface area contributed by atoms with Gasteiger partial charge in [-0.15, -0.1) is 0 Å². The standard InChI is InChI=1S/C20H25Cl3N4O/c1-13(11-27-15(3)19(23)14(2)24-27)20(28)26-8-6-25(7-9-26)12-16-4-5-17(21)18(22)10-16/h4-5,10,13H,6-9,11-12H2,1-3H3. The van der Waals surface area contributed by atoms with Crippen molar-refractivity contribution >= 4 is 40.7 Å². The molecule has 0 bridgehead atoms. The second-order valence-electron chi connectivity index (χ2n) is 7.42. The third-order valence-electron chi connectivity index (χ3n) is 5.24. The van der Waals surface area contributed by atoms with Crippen molar-refractivity contribution in [2.45, 2.75) is 33.9 Å². The largest absolute Gasteiger partial charge is 0.340 e. The number of benzene rings is 1. The maximum absolute atomic E-state index is 12.9. The zero-order chi connectivity index (χ0) is 20.4. The van der Waals surface area contributed by atoms with Crippen LogP contribution < -0.4 is 0 Å². The van der Waals surface area contributed by atoms with E-state index >= 15 is 0 Å². The van der Waals surface area contributed by atoms with Gasteiger partial charge >= 0.3 is 0 Å². The quantitative estimate of drug-likeness (QED) is 0.686. The Morgan fingerprint density at radius 1 is 1.11 bits per heavy atom. The summed E-state index contributed by atoms with van der Waals surface area (Å²) in [4.78, 5) is 17.1. The predicted molar refractivity (Wildman–Crippen MR) is 114 cm³/mol. The summed E-state index contributed by atoms with van der Waals surface area (Å²) in [5, 5.41) is 6.25. The molecular weight excluding hydrogens is 419 g/mol. The number of halogens is 3. The molecule has 1 fully saturated rings. The number of hydrogen-bond acceptors (Lipinski definition) is 3. The summed E-state index contributed by atoms with van der Waals surface area (Å²) in [6, 6.07) is 5.72. The third-order valence-corrected chi connectivity index (χ3v) is 6.52. The maximum atomic E-state index is 12.9. The number of hydrogen-bond donors (Lipinski definition) is 0. The van der Waals surface area contributed by atoms with Gasteiger partial charge in [0.1, 0.15) is 0 Å². The molecule has 0 spiro atoms. The van der Waals surface area contributed by atoms with Gasteiger partial charge in [-0.25, -0.2) is 0 Å². The summed E-state index contributed by atoms with van der Waals surface area (Å²) in [6.07, 6.45) is 0. The summed E-state index contributed by atoms with van der Waals surface area (Å²) in [6.45, 7) is 10.2. The van der Waals surface area contributed by atoms with Crippen molar-refractivity contribution in [1.82, 2.24) is 19.6 Å². The van der Waals surface area contributed by atoms with Crippen LogP contribution in [0.15, 0.2) is 18.2 Å². The molecule has 152 valence electrons. The van der Waals surface area contributed by atoms with Gasteiger partial charge in [-0.1, -0.05) is 47.8 Å². The topological polar surface area (TPSA) is 41.4 Å². The first-order valence-corrected chi connectivity index (χ1v) is 10.5. The minimum absolute atomic E-state index is 0.143. The number of aromatic nitrogens is 2. The average Bonchev–Trinajstić information content (AvgIpc) is 2.91. The van der Waals surface area contributed by atoms with Crippen molar-refractivity contribution in [1.29, 1.82) is 0 Å². The van der Waals surface area contributed by atoms with E-state index in [2.05, 4.69) is 10.00 Å². The molecule has 28 heavy (non-hydrogen) atoms. The molecule has 5 nitrogen and oxygen atoms in total. The zero-order valence-corrected chi connectivity index (χ0v) is 18.7. The van der Waals surface area contributed by atoms with Crippen molar-refractivity contribution in [3.63, 3.8) is 0 Å². The van der Waals surface area contributed by atoms with Crippen molar-refractivity contribution in [3.8, 4) is 0 Å². The molecule has 2 aromatic rings. The maximum Gasteiger partial charge on any atom is 0.227 e. The molecule has 1 unspecified atom stereocenters. The number of piperazine rings is 1. The highest BCUT2D eigenvalue weighted by molar-refractivity contribution is 6.42. The van der Waals surface area contributed by atoms with E-state index in [1.165, 1.54) is 0 Å². The number of amides is 1. The average molecular weight is 444 g/mol. The van der Waals surface area contributed by atoms with Crippen LogP contribution >= 0.6 is 34.8 Å². The molecule has 0 aliphatic carbocycles. The highest BCUT2D eigenvalue weighted by Crippen LogP contribution is 2.24.